The lowest BCUT2D eigenvalue weighted by molar-refractivity contribution is -0.0515. The van der Waals surface area contributed by atoms with Crippen LogP contribution in [0.1, 0.15) is 49.0 Å². The quantitative estimate of drug-likeness (QED) is 0.415. The monoisotopic (exact) mass is 552 g/mol. The number of hydrogen-bond donors (Lipinski definition) is 1. The van der Waals surface area contributed by atoms with Crippen LogP contribution in [0.2, 0.25) is 0 Å². The summed E-state index contributed by atoms with van der Waals surface area (Å²) in [6.45, 7) is 2.11. The molecule has 39 heavy (non-hydrogen) atoms. The first-order valence-electron chi connectivity index (χ1n) is 12.9. The first-order valence-corrected chi connectivity index (χ1v) is 12.9. The van der Waals surface area contributed by atoms with E-state index in [1.54, 1.807) is 16.7 Å². The van der Waals surface area contributed by atoms with E-state index in [9.17, 15) is 18.4 Å². The van der Waals surface area contributed by atoms with Gasteiger partial charge in [-0.3, -0.25) is 4.79 Å². The third kappa shape index (κ3) is 7.15. The Bertz CT molecular complexity index is 1160. The van der Waals surface area contributed by atoms with Crippen molar-refractivity contribution < 1.29 is 41.7 Å². The Hall–Kier alpha value is -3.45. The van der Waals surface area contributed by atoms with Crippen LogP contribution in [0.3, 0.4) is 0 Å². The summed E-state index contributed by atoms with van der Waals surface area (Å²) >= 11 is 0. The van der Waals surface area contributed by atoms with Crippen molar-refractivity contribution in [3.05, 3.63) is 29.7 Å². The molecule has 1 aliphatic heterocycles. The van der Waals surface area contributed by atoms with Crippen molar-refractivity contribution in [1.29, 1.82) is 0 Å². The van der Waals surface area contributed by atoms with Crippen LogP contribution in [0.5, 0.6) is 11.5 Å². The molecule has 1 aliphatic carbocycles. The van der Waals surface area contributed by atoms with Crippen molar-refractivity contribution in [1.82, 2.24) is 14.8 Å². The molecule has 1 saturated carbocycles. The second-order valence-corrected chi connectivity index (χ2v) is 9.72. The van der Waals surface area contributed by atoms with E-state index in [-0.39, 0.29) is 67.0 Å². The highest BCUT2D eigenvalue weighted by Crippen LogP contribution is 2.37. The minimum absolute atomic E-state index is 0.0525. The number of aromatic nitrogens is 1. The van der Waals surface area contributed by atoms with Crippen molar-refractivity contribution in [3.63, 3.8) is 0 Å². The molecule has 13 heteroatoms. The van der Waals surface area contributed by atoms with E-state index in [2.05, 4.69) is 9.72 Å². The molecule has 4 rings (SSSR count). The highest BCUT2D eigenvalue weighted by molar-refractivity contribution is 5.94. The van der Waals surface area contributed by atoms with Crippen LogP contribution in [-0.4, -0.2) is 86.0 Å². The molecule has 2 fully saturated rings. The van der Waals surface area contributed by atoms with Gasteiger partial charge in [-0.05, 0) is 50.8 Å². The molecule has 1 aromatic heterocycles. The van der Waals surface area contributed by atoms with E-state index in [0.29, 0.717) is 24.7 Å². The zero-order valence-corrected chi connectivity index (χ0v) is 22.2. The van der Waals surface area contributed by atoms with Crippen LogP contribution < -0.4 is 15.2 Å². The average molecular weight is 553 g/mol. The molecule has 2 N–H and O–H groups in total. The maximum atomic E-state index is 13.5. The molecule has 2 amide bonds. The number of nitrogens with two attached hydrogens (primary N) is 1. The van der Waals surface area contributed by atoms with E-state index in [1.807, 2.05) is 6.92 Å². The molecule has 2 aromatic rings. The standard InChI is InChI=1S/C26H34F2N4O7/c1-15-13-31(8-9-32(15)26(34)36-11-10-35-3)24(33)21-22(16(2)29)39-23(30-21)18-6-7-19(38-25(27)28)20(12-18)37-14-17-4-5-17/h6-7,12,15-17,25H,4-5,8-11,13-14,29H2,1-3H3/t15-,16+/m1/s1. The molecule has 0 radical (unpaired) electrons. The zero-order valence-electron chi connectivity index (χ0n) is 22.2. The first-order chi connectivity index (χ1) is 18.7. The lowest BCUT2D eigenvalue weighted by Gasteiger charge is -2.38. The Morgan fingerprint density at radius 2 is 1.97 bits per heavy atom. The number of benzene rings is 1. The molecule has 0 spiro atoms. The normalized spacial score (nSPS) is 18.3. The molecule has 214 valence electrons. The second kappa shape index (κ2) is 12.6. The SMILES string of the molecule is COCCOC(=O)N1CCN(C(=O)c2nc(-c3ccc(OC(F)F)c(OCC4CC4)c3)oc2[C@H](C)N)C[C@H]1C. The van der Waals surface area contributed by atoms with Gasteiger partial charge < -0.3 is 38.9 Å². The third-order valence-corrected chi connectivity index (χ3v) is 6.51. The Morgan fingerprint density at radius 3 is 2.62 bits per heavy atom. The van der Waals surface area contributed by atoms with E-state index in [0.717, 1.165) is 12.8 Å². The smallest absolute Gasteiger partial charge is 0.410 e. The number of hydrogen-bond acceptors (Lipinski definition) is 9. The number of piperazine rings is 1. The van der Waals surface area contributed by atoms with Gasteiger partial charge in [0, 0.05) is 38.3 Å². The van der Waals surface area contributed by atoms with Gasteiger partial charge in [-0.1, -0.05) is 0 Å². The summed E-state index contributed by atoms with van der Waals surface area (Å²) < 4.78 is 52.2. The molecule has 1 aromatic carbocycles. The minimum atomic E-state index is -3.01. The fourth-order valence-corrected chi connectivity index (χ4v) is 4.21. The Balaban J connectivity index is 1.52. The molecule has 2 atom stereocenters. The predicted molar refractivity (Wildman–Crippen MR) is 135 cm³/mol. The summed E-state index contributed by atoms with van der Waals surface area (Å²) in [6.07, 6.45) is 1.58. The Labute approximate surface area is 225 Å². The number of carbonyl (C=O) groups is 2. The molecule has 2 heterocycles. The van der Waals surface area contributed by atoms with Gasteiger partial charge >= 0.3 is 12.7 Å². The van der Waals surface area contributed by atoms with Gasteiger partial charge in [0.1, 0.15) is 6.61 Å². The summed E-state index contributed by atoms with van der Waals surface area (Å²) in [5.74, 6) is 0.322. The van der Waals surface area contributed by atoms with Crippen LogP contribution in [0.15, 0.2) is 22.6 Å². The zero-order chi connectivity index (χ0) is 28.1. The van der Waals surface area contributed by atoms with Gasteiger partial charge in [-0.2, -0.15) is 8.78 Å². The van der Waals surface area contributed by atoms with Crippen molar-refractivity contribution in [2.24, 2.45) is 11.7 Å². The second-order valence-electron chi connectivity index (χ2n) is 9.72. The largest absolute Gasteiger partial charge is 0.489 e. The maximum absolute atomic E-state index is 13.5. The molecule has 2 aliphatic rings. The van der Waals surface area contributed by atoms with Gasteiger partial charge in [-0.15, -0.1) is 0 Å². The number of carbonyl (C=O) groups excluding carboxylic acids is 2. The van der Waals surface area contributed by atoms with Gasteiger partial charge in [0.05, 0.1) is 19.3 Å². The summed E-state index contributed by atoms with van der Waals surface area (Å²) in [7, 11) is 1.52. The van der Waals surface area contributed by atoms with Crippen LogP contribution in [0.25, 0.3) is 11.5 Å². The number of oxazole rings is 1. The van der Waals surface area contributed by atoms with Gasteiger partial charge in [0.15, 0.2) is 23.0 Å². The topological polar surface area (TPSA) is 130 Å². The molecular formula is C26H34F2N4O7. The summed E-state index contributed by atoms with van der Waals surface area (Å²) in [6, 6.07) is 3.42. The molecule has 1 saturated heterocycles. The number of halogens is 2. The average Bonchev–Trinajstić information content (AvgIpc) is 3.62. The summed E-state index contributed by atoms with van der Waals surface area (Å²) in [5.41, 5.74) is 6.57. The first kappa shape index (κ1) is 28.6. The summed E-state index contributed by atoms with van der Waals surface area (Å²) in [5, 5.41) is 0. The number of amides is 2. The van der Waals surface area contributed by atoms with Gasteiger partial charge in [-0.25, -0.2) is 9.78 Å². The minimum Gasteiger partial charge on any atom is -0.489 e. The van der Waals surface area contributed by atoms with Crippen molar-refractivity contribution in [3.8, 4) is 23.0 Å². The predicted octanol–water partition coefficient (Wildman–Crippen LogP) is 3.68. The van der Waals surface area contributed by atoms with Gasteiger partial charge in [0.2, 0.25) is 5.89 Å². The Kier molecular flexibility index (Phi) is 9.23. The third-order valence-electron chi connectivity index (χ3n) is 6.51. The van der Waals surface area contributed by atoms with Crippen molar-refractivity contribution in [2.75, 3.05) is 46.6 Å². The number of methoxy groups -OCH3 is 1. The Morgan fingerprint density at radius 1 is 1.21 bits per heavy atom. The number of nitrogens with zero attached hydrogens (tertiary/aromatic N) is 3. The number of ether oxygens (including phenoxy) is 4. The van der Waals surface area contributed by atoms with Crippen LogP contribution in [-0.2, 0) is 9.47 Å². The lowest BCUT2D eigenvalue weighted by atomic mass is 10.1. The molecular weight excluding hydrogens is 518 g/mol. The highest BCUT2D eigenvalue weighted by Gasteiger charge is 2.34. The molecule has 0 bridgehead atoms. The lowest BCUT2D eigenvalue weighted by Crippen LogP contribution is -2.55. The van der Waals surface area contributed by atoms with E-state index in [4.69, 9.17) is 24.4 Å². The van der Waals surface area contributed by atoms with Crippen LogP contribution in [0, 0.1) is 5.92 Å². The molecule has 11 nitrogen and oxygen atoms in total. The highest BCUT2D eigenvalue weighted by atomic mass is 19.3. The van der Waals surface area contributed by atoms with Crippen molar-refractivity contribution >= 4 is 12.0 Å². The fourth-order valence-electron chi connectivity index (χ4n) is 4.21. The van der Waals surface area contributed by atoms with Crippen molar-refractivity contribution in [2.45, 2.75) is 45.4 Å². The van der Waals surface area contributed by atoms with Crippen LogP contribution >= 0.6 is 0 Å². The number of alkyl halides is 2. The molecule has 0 unspecified atom stereocenters. The van der Waals surface area contributed by atoms with E-state index < -0.39 is 18.7 Å². The van der Waals surface area contributed by atoms with Crippen LogP contribution in [0.4, 0.5) is 13.6 Å². The number of rotatable bonds is 11. The maximum Gasteiger partial charge on any atom is 0.410 e. The van der Waals surface area contributed by atoms with E-state index in [1.165, 1.54) is 25.3 Å². The van der Waals surface area contributed by atoms with Gasteiger partial charge in [0.25, 0.3) is 5.91 Å². The summed E-state index contributed by atoms with van der Waals surface area (Å²) in [4.78, 5) is 33.5. The van der Waals surface area contributed by atoms with E-state index >= 15 is 0 Å². The fraction of sp³-hybridized carbons (Fsp3) is 0.577.